The smallest absolute Gasteiger partial charge is 0.343 e. The van der Waals surface area contributed by atoms with Crippen molar-refractivity contribution in [2.45, 2.75) is 6.92 Å². The van der Waals surface area contributed by atoms with Gasteiger partial charge in [0.2, 0.25) is 5.43 Å². The zero-order chi connectivity index (χ0) is 16.7. The summed E-state index contributed by atoms with van der Waals surface area (Å²) in [4.78, 5) is 23.9. The van der Waals surface area contributed by atoms with Gasteiger partial charge in [-0.2, -0.15) is 0 Å². The molecular weight excluding hydrogens is 306 g/mol. The van der Waals surface area contributed by atoms with Crippen molar-refractivity contribution in [3.63, 3.8) is 0 Å². The first-order valence-electron chi connectivity index (χ1n) is 6.65. The van der Waals surface area contributed by atoms with Crippen molar-refractivity contribution < 1.29 is 23.1 Å². The Hall–Kier alpha value is -3.02. The van der Waals surface area contributed by atoms with Crippen LogP contribution in [0.2, 0.25) is 0 Å². The second-order valence-corrected chi connectivity index (χ2v) is 5.04. The molecule has 0 amide bonds. The van der Waals surface area contributed by atoms with E-state index in [1.165, 1.54) is 18.2 Å². The highest BCUT2D eigenvalue weighted by atomic mass is 19.2. The molecule has 116 valence electrons. The van der Waals surface area contributed by atoms with Crippen molar-refractivity contribution in [1.29, 1.82) is 0 Å². The van der Waals surface area contributed by atoms with Crippen LogP contribution >= 0.6 is 0 Å². The van der Waals surface area contributed by atoms with Gasteiger partial charge in [0.05, 0.1) is 10.9 Å². The highest BCUT2D eigenvalue weighted by Crippen LogP contribution is 2.29. The van der Waals surface area contributed by atoms with Crippen molar-refractivity contribution in [3.05, 3.63) is 69.4 Å². The number of aryl methyl sites for hydroxylation is 1. The Morgan fingerprint density at radius 3 is 2.61 bits per heavy atom. The number of benzene rings is 2. The van der Waals surface area contributed by atoms with E-state index in [4.69, 9.17) is 4.42 Å². The molecule has 0 atom stereocenters. The zero-order valence-electron chi connectivity index (χ0n) is 11.9. The molecule has 0 aliphatic heterocycles. The number of hydrogen-bond acceptors (Lipinski definition) is 3. The van der Waals surface area contributed by atoms with E-state index in [0.29, 0.717) is 0 Å². The van der Waals surface area contributed by atoms with Gasteiger partial charge in [0.15, 0.2) is 23.0 Å². The van der Waals surface area contributed by atoms with Crippen LogP contribution in [0.15, 0.2) is 45.6 Å². The third kappa shape index (κ3) is 2.38. The molecular formula is C17H10F2O4. The highest BCUT2D eigenvalue weighted by Gasteiger charge is 2.24. The Morgan fingerprint density at radius 2 is 1.91 bits per heavy atom. The molecule has 0 radical (unpaired) electrons. The number of fused-ring (bicyclic) bond motifs is 1. The van der Waals surface area contributed by atoms with Gasteiger partial charge in [0, 0.05) is 0 Å². The first kappa shape index (κ1) is 14.9. The molecule has 0 saturated carbocycles. The number of rotatable bonds is 2. The van der Waals surface area contributed by atoms with Crippen LogP contribution in [0.5, 0.6) is 0 Å². The summed E-state index contributed by atoms with van der Waals surface area (Å²) in [7, 11) is 0. The molecule has 0 unspecified atom stereocenters. The summed E-state index contributed by atoms with van der Waals surface area (Å²) in [6.07, 6.45) is 0. The maximum atomic E-state index is 14.0. The van der Waals surface area contributed by atoms with E-state index in [2.05, 4.69) is 0 Å². The summed E-state index contributed by atoms with van der Waals surface area (Å²) in [5.74, 6) is -4.51. The largest absolute Gasteiger partial charge is 0.477 e. The van der Waals surface area contributed by atoms with Gasteiger partial charge in [-0.15, -0.1) is 0 Å². The number of hydrogen-bond donors (Lipinski definition) is 1. The molecule has 3 rings (SSSR count). The quantitative estimate of drug-likeness (QED) is 0.782. The van der Waals surface area contributed by atoms with Gasteiger partial charge in [-0.05, 0) is 31.2 Å². The van der Waals surface area contributed by atoms with Crippen LogP contribution in [0.3, 0.4) is 0 Å². The molecule has 0 bridgehead atoms. The molecule has 3 aromatic rings. The minimum absolute atomic E-state index is 0.0722. The predicted octanol–water partition coefficient (Wildman–Crippen LogP) is 3.74. The number of aromatic carboxylic acids is 1. The average molecular weight is 316 g/mol. The van der Waals surface area contributed by atoms with Gasteiger partial charge in [0.25, 0.3) is 0 Å². The van der Waals surface area contributed by atoms with E-state index in [-0.39, 0.29) is 11.0 Å². The third-order valence-electron chi connectivity index (χ3n) is 3.46. The summed E-state index contributed by atoms with van der Waals surface area (Å²) < 4.78 is 32.8. The van der Waals surface area contributed by atoms with Gasteiger partial charge in [-0.3, -0.25) is 4.79 Å². The monoisotopic (exact) mass is 316 g/mol. The van der Waals surface area contributed by atoms with Crippen molar-refractivity contribution in [1.82, 2.24) is 0 Å². The molecule has 0 aliphatic carbocycles. The summed E-state index contributed by atoms with van der Waals surface area (Å²) in [5, 5.41) is 9.39. The van der Waals surface area contributed by atoms with Gasteiger partial charge in [0.1, 0.15) is 5.58 Å². The second kappa shape index (κ2) is 5.31. The number of halogens is 2. The van der Waals surface area contributed by atoms with E-state index in [1.807, 2.05) is 0 Å². The van der Waals surface area contributed by atoms with Crippen LogP contribution in [-0.4, -0.2) is 11.1 Å². The summed E-state index contributed by atoms with van der Waals surface area (Å²) in [6.45, 7) is 1.74. The molecule has 0 fully saturated rings. The minimum Gasteiger partial charge on any atom is -0.477 e. The topological polar surface area (TPSA) is 67.5 Å². The van der Waals surface area contributed by atoms with Gasteiger partial charge < -0.3 is 9.52 Å². The first-order chi connectivity index (χ1) is 10.9. The standard InChI is InChI=1S/C17H10F2O4/c1-8-5-6-12-10(7-8)15(20)13(17(21)22)16(23-12)9-3-2-4-11(18)14(9)19/h2-7H,1H3,(H,21,22). The van der Waals surface area contributed by atoms with Crippen LogP contribution in [0.4, 0.5) is 8.78 Å². The number of carboxylic acids is 1. The molecule has 23 heavy (non-hydrogen) atoms. The average Bonchev–Trinajstić information content (AvgIpc) is 2.50. The van der Waals surface area contributed by atoms with Crippen molar-refractivity contribution >= 4 is 16.9 Å². The fraction of sp³-hybridized carbons (Fsp3) is 0.0588. The van der Waals surface area contributed by atoms with Gasteiger partial charge in [-0.1, -0.05) is 17.7 Å². The molecule has 4 nitrogen and oxygen atoms in total. The second-order valence-electron chi connectivity index (χ2n) is 5.04. The first-order valence-corrected chi connectivity index (χ1v) is 6.65. The van der Waals surface area contributed by atoms with E-state index >= 15 is 0 Å². The Balaban J connectivity index is 2.48. The lowest BCUT2D eigenvalue weighted by molar-refractivity contribution is 0.0694. The Kier molecular flexibility index (Phi) is 3.44. The molecule has 0 saturated heterocycles. The van der Waals surface area contributed by atoms with Gasteiger partial charge >= 0.3 is 5.97 Å². The fourth-order valence-electron chi connectivity index (χ4n) is 2.37. The lowest BCUT2D eigenvalue weighted by Crippen LogP contribution is -2.17. The van der Waals surface area contributed by atoms with E-state index in [1.54, 1.807) is 13.0 Å². The highest BCUT2D eigenvalue weighted by molar-refractivity contribution is 5.98. The SMILES string of the molecule is Cc1ccc2oc(-c3cccc(F)c3F)c(C(=O)O)c(=O)c2c1. The van der Waals surface area contributed by atoms with Crippen molar-refractivity contribution in [2.75, 3.05) is 0 Å². The Labute approximate surface area is 128 Å². The minimum atomic E-state index is -1.57. The normalized spacial score (nSPS) is 10.9. The van der Waals surface area contributed by atoms with Crippen LogP contribution < -0.4 is 5.43 Å². The molecule has 0 aliphatic rings. The van der Waals surface area contributed by atoms with Crippen LogP contribution in [-0.2, 0) is 0 Å². The lowest BCUT2D eigenvalue weighted by Gasteiger charge is -2.09. The van der Waals surface area contributed by atoms with Gasteiger partial charge in [-0.25, -0.2) is 13.6 Å². The van der Waals surface area contributed by atoms with Crippen LogP contribution in [0.25, 0.3) is 22.3 Å². The molecule has 2 aromatic carbocycles. The predicted molar refractivity (Wildman–Crippen MR) is 79.5 cm³/mol. The maximum Gasteiger partial charge on any atom is 0.343 e. The van der Waals surface area contributed by atoms with Crippen LogP contribution in [0.1, 0.15) is 15.9 Å². The van der Waals surface area contributed by atoms with E-state index < -0.39 is 39.9 Å². The summed E-state index contributed by atoms with van der Waals surface area (Å²) >= 11 is 0. The Morgan fingerprint density at radius 1 is 1.17 bits per heavy atom. The summed E-state index contributed by atoms with van der Waals surface area (Å²) in [6, 6.07) is 7.89. The zero-order valence-corrected chi connectivity index (χ0v) is 11.9. The van der Waals surface area contributed by atoms with E-state index in [9.17, 15) is 23.5 Å². The van der Waals surface area contributed by atoms with E-state index in [0.717, 1.165) is 17.7 Å². The third-order valence-corrected chi connectivity index (χ3v) is 3.46. The fourth-order valence-corrected chi connectivity index (χ4v) is 2.37. The maximum absolute atomic E-state index is 14.0. The van der Waals surface area contributed by atoms with Crippen LogP contribution in [0, 0.1) is 18.6 Å². The molecule has 0 spiro atoms. The number of carboxylic acid groups (broad SMARTS) is 1. The Bertz CT molecular complexity index is 1010. The van der Waals surface area contributed by atoms with Crippen molar-refractivity contribution in [3.8, 4) is 11.3 Å². The molecule has 1 heterocycles. The van der Waals surface area contributed by atoms with Crippen molar-refractivity contribution in [2.24, 2.45) is 0 Å². The molecule has 1 aromatic heterocycles. The summed E-state index contributed by atoms with van der Waals surface area (Å²) in [5.41, 5.74) is -1.11. The lowest BCUT2D eigenvalue weighted by atomic mass is 10.0. The molecule has 6 heteroatoms. The molecule has 1 N–H and O–H groups in total. The number of carbonyl (C=O) groups is 1.